The molecule has 0 bridgehead atoms. The first-order valence-corrected chi connectivity index (χ1v) is 12.2. The van der Waals surface area contributed by atoms with Gasteiger partial charge in [-0.3, -0.25) is 14.4 Å². The largest absolute Gasteiger partial charge is 0.465 e. The summed E-state index contributed by atoms with van der Waals surface area (Å²) in [6.45, 7) is 0.607. The fourth-order valence-corrected chi connectivity index (χ4v) is 4.57. The summed E-state index contributed by atoms with van der Waals surface area (Å²) in [5, 5.41) is 0.604. The Kier molecular flexibility index (Phi) is 9.61. The highest BCUT2D eigenvalue weighted by Crippen LogP contribution is 2.35. The molecule has 192 valence electrons. The van der Waals surface area contributed by atoms with E-state index in [0.717, 1.165) is 5.56 Å². The predicted octanol–water partition coefficient (Wildman–Crippen LogP) is 2.98. The van der Waals surface area contributed by atoms with Crippen LogP contribution in [0.2, 0.25) is 5.02 Å². The fraction of sp³-hybridized carbons (Fsp3) is 0.407. The molecule has 1 heterocycles. The first-order chi connectivity index (χ1) is 17.3. The fourth-order valence-electron chi connectivity index (χ4n) is 4.34. The van der Waals surface area contributed by atoms with Crippen molar-refractivity contribution in [2.45, 2.75) is 32.1 Å². The molecule has 36 heavy (non-hydrogen) atoms. The van der Waals surface area contributed by atoms with E-state index in [1.807, 2.05) is 18.2 Å². The number of rotatable bonds is 10. The number of nitrogens with two attached hydrogens (primary N) is 1. The van der Waals surface area contributed by atoms with Crippen LogP contribution >= 0.6 is 11.6 Å². The summed E-state index contributed by atoms with van der Waals surface area (Å²) in [5.74, 6) is -1.11. The van der Waals surface area contributed by atoms with E-state index >= 15 is 0 Å². The van der Waals surface area contributed by atoms with Crippen LogP contribution in [0.3, 0.4) is 0 Å². The van der Waals surface area contributed by atoms with Crippen molar-refractivity contribution < 1.29 is 28.7 Å². The van der Waals surface area contributed by atoms with E-state index in [0.29, 0.717) is 48.5 Å². The van der Waals surface area contributed by atoms with Gasteiger partial charge in [0.15, 0.2) is 0 Å². The van der Waals surface area contributed by atoms with Crippen LogP contribution in [0.5, 0.6) is 0 Å². The van der Waals surface area contributed by atoms with E-state index in [1.54, 1.807) is 35.2 Å². The minimum absolute atomic E-state index is 0.00311. The molecule has 1 fully saturated rings. The Balaban J connectivity index is 1.65. The molecule has 1 aliphatic heterocycles. The second-order valence-corrected chi connectivity index (χ2v) is 9.31. The number of hydrogen-bond donors (Lipinski definition) is 1. The Labute approximate surface area is 215 Å². The van der Waals surface area contributed by atoms with Gasteiger partial charge < -0.3 is 20.1 Å². The van der Waals surface area contributed by atoms with Crippen molar-refractivity contribution in [2.24, 2.45) is 11.1 Å². The number of carbonyl (C=O) groups is 4. The van der Waals surface area contributed by atoms with Gasteiger partial charge in [-0.15, -0.1) is 0 Å². The van der Waals surface area contributed by atoms with Crippen LogP contribution in [0.15, 0.2) is 48.5 Å². The number of Topliss-reactive ketones (excluding diaryl/α,β-unsaturated/α-hetero) is 1. The zero-order valence-corrected chi connectivity index (χ0v) is 21.1. The van der Waals surface area contributed by atoms with E-state index < -0.39 is 17.4 Å². The second-order valence-electron chi connectivity index (χ2n) is 8.91. The number of aryl methyl sites for hydroxylation is 1. The highest BCUT2D eigenvalue weighted by molar-refractivity contribution is 6.31. The van der Waals surface area contributed by atoms with Gasteiger partial charge in [0.25, 0.3) is 0 Å². The van der Waals surface area contributed by atoms with E-state index in [2.05, 4.69) is 4.74 Å². The normalized spacial score (nSPS) is 14.7. The predicted molar refractivity (Wildman–Crippen MR) is 135 cm³/mol. The maximum Gasteiger partial charge on any atom is 0.337 e. The maximum atomic E-state index is 13.4. The number of amides is 1. The summed E-state index contributed by atoms with van der Waals surface area (Å²) in [6.07, 6.45) is 1.51. The molecule has 9 heteroatoms. The Morgan fingerprint density at radius 2 is 1.69 bits per heavy atom. The van der Waals surface area contributed by atoms with Gasteiger partial charge in [0.2, 0.25) is 5.91 Å². The smallest absolute Gasteiger partial charge is 0.337 e. The molecule has 0 saturated carbocycles. The van der Waals surface area contributed by atoms with E-state index in [-0.39, 0.29) is 37.7 Å². The van der Waals surface area contributed by atoms with Crippen LogP contribution in [-0.4, -0.2) is 61.9 Å². The quantitative estimate of drug-likeness (QED) is 0.484. The molecule has 8 nitrogen and oxygen atoms in total. The van der Waals surface area contributed by atoms with E-state index in [4.69, 9.17) is 22.1 Å². The van der Waals surface area contributed by atoms with Crippen LogP contribution in [0.4, 0.5) is 0 Å². The summed E-state index contributed by atoms with van der Waals surface area (Å²) in [6, 6.07) is 13.9. The van der Waals surface area contributed by atoms with Crippen LogP contribution in [-0.2, 0) is 36.7 Å². The molecular formula is C27H31ClN2O6. The molecule has 0 atom stereocenters. The van der Waals surface area contributed by atoms with E-state index in [9.17, 15) is 19.2 Å². The van der Waals surface area contributed by atoms with Gasteiger partial charge in [0.1, 0.15) is 12.4 Å². The van der Waals surface area contributed by atoms with Crippen LogP contribution in [0.25, 0.3) is 0 Å². The average molecular weight is 515 g/mol. The summed E-state index contributed by atoms with van der Waals surface area (Å²) < 4.78 is 10.3. The van der Waals surface area contributed by atoms with Crippen molar-refractivity contribution in [1.82, 2.24) is 4.90 Å². The van der Waals surface area contributed by atoms with Crippen molar-refractivity contribution in [2.75, 3.05) is 33.4 Å². The first kappa shape index (κ1) is 27.4. The first-order valence-electron chi connectivity index (χ1n) is 11.9. The van der Waals surface area contributed by atoms with Crippen molar-refractivity contribution in [3.63, 3.8) is 0 Å². The van der Waals surface area contributed by atoms with E-state index in [1.165, 1.54) is 7.11 Å². The number of likely N-dealkylation sites (tertiary alicyclic amines) is 1. The lowest BCUT2D eigenvalue weighted by Crippen LogP contribution is -2.50. The third-order valence-electron chi connectivity index (χ3n) is 6.65. The SMILES string of the molecule is COC(=O)c1ccc(CC(=O)OCC2(C(=O)CCc3ccccc3Cl)CCN(C(=O)CN)CC2)cc1. The maximum absolute atomic E-state index is 13.4. The molecule has 1 aliphatic rings. The molecule has 0 aliphatic carbocycles. The van der Waals surface area contributed by atoms with Gasteiger partial charge >= 0.3 is 11.9 Å². The standard InChI is InChI=1S/C27H31ClN2O6/c1-35-26(34)21-8-6-19(7-9-21)16-25(33)36-18-27(12-14-30(15-13-27)24(32)17-29)23(31)11-10-20-4-2-3-5-22(20)28/h2-9H,10-18,29H2,1H3. The number of esters is 2. The van der Waals surface area contributed by atoms with Crippen LogP contribution < -0.4 is 5.73 Å². The molecule has 0 aromatic heterocycles. The Bertz CT molecular complexity index is 1090. The lowest BCUT2D eigenvalue weighted by molar-refractivity contribution is -0.153. The van der Waals surface area contributed by atoms with Gasteiger partial charge in [-0.1, -0.05) is 41.9 Å². The van der Waals surface area contributed by atoms with Gasteiger partial charge in [0, 0.05) is 24.5 Å². The lowest BCUT2D eigenvalue weighted by atomic mass is 9.73. The molecular weight excluding hydrogens is 484 g/mol. The Morgan fingerprint density at radius 1 is 1.03 bits per heavy atom. The third kappa shape index (κ3) is 6.92. The number of ketones is 1. The average Bonchev–Trinajstić information content (AvgIpc) is 2.91. The van der Waals surface area contributed by atoms with Crippen molar-refractivity contribution >= 4 is 35.2 Å². The molecule has 3 rings (SSSR count). The van der Waals surface area contributed by atoms with Gasteiger partial charge in [-0.2, -0.15) is 0 Å². The summed E-state index contributed by atoms with van der Waals surface area (Å²) in [5.41, 5.74) is 6.56. The highest BCUT2D eigenvalue weighted by Gasteiger charge is 2.42. The molecule has 0 unspecified atom stereocenters. The molecule has 2 aromatic carbocycles. The van der Waals surface area contributed by atoms with Crippen molar-refractivity contribution in [3.05, 3.63) is 70.2 Å². The van der Waals surface area contributed by atoms with Crippen molar-refractivity contribution in [3.8, 4) is 0 Å². The number of ether oxygens (including phenoxy) is 2. The Morgan fingerprint density at radius 3 is 2.31 bits per heavy atom. The monoisotopic (exact) mass is 514 g/mol. The molecule has 2 N–H and O–H groups in total. The molecule has 2 aromatic rings. The van der Waals surface area contributed by atoms with Gasteiger partial charge in [0.05, 0.1) is 31.1 Å². The van der Waals surface area contributed by atoms with Gasteiger partial charge in [-0.05, 0) is 48.6 Å². The summed E-state index contributed by atoms with van der Waals surface area (Å²) >= 11 is 6.25. The number of benzene rings is 2. The lowest BCUT2D eigenvalue weighted by Gasteiger charge is -2.40. The molecule has 1 amide bonds. The van der Waals surface area contributed by atoms with Crippen LogP contribution in [0.1, 0.15) is 40.7 Å². The highest BCUT2D eigenvalue weighted by atomic mass is 35.5. The zero-order valence-electron chi connectivity index (χ0n) is 20.3. The summed E-state index contributed by atoms with van der Waals surface area (Å²) in [4.78, 5) is 51.3. The third-order valence-corrected chi connectivity index (χ3v) is 7.02. The number of halogens is 1. The number of piperidine rings is 1. The van der Waals surface area contributed by atoms with Crippen LogP contribution in [0, 0.1) is 5.41 Å². The number of hydrogen-bond acceptors (Lipinski definition) is 7. The zero-order chi connectivity index (χ0) is 26.1. The topological polar surface area (TPSA) is 116 Å². The minimum atomic E-state index is -0.878. The number of methoxy groups -OCH3 is 1. The van der Waals surface area contributed by atoms with Crippen molar-refractivity contribution in [1.29, 1.82) is 0 Å². The summed E-state index contributed by atoms with van der Waals surface area (Å²) in [7, 11) is 1.30. The van der Waals surface area contributed by atoms with Gasteiger partial charge in [-0.25, -0.2) is 4.79 Å². The molecule has 0 radical (unpaired) electrons. The number of nitrogens with zero attached hydrogens (tertiary/aromatic N) is 1. The molecule has 0 spiro atoms. The second kappa shape index (κ2) is 12.6. The number of carbonyl (C=O) groups excluding carboxylic acids is 4. The Hall–Kier alpha value is -3.23. The molecule has 1 saturated heterocycles. The minimum Gasteiger partial charge on any atom is -0.465 e.